The van der Waals surface area contributed by atoms with Crippen LogP contribution >= 0.6 is 15.6 Å². The molecule has 0 radical (unpaired) electrons. The summed E-state index contributed by atoms with van der Waals surface area (Å²) in [5.41, 5.74) is 0. The zero-order valence-corrected chi connectivity index (χ0v) is 13.4. The number of ether oxygens (including phenoxy) is 1. The normalized spacial score (nSPS) is 34.7. The van der Waals surface area contributed by atoms with Crippen LogP contribution in [0, 0.1) is 0 Å². The summed E-state index contributed by atoms with van der Waals surface area (Å²) in [7, 11) is -10.8. The maximum Gasteiger partial charge on any atom is 0.483 e. The highest BCUT2D eigenvalue weighted by atomic mass is 31.3. The molecule has 1 aliphatic heterocycles. The molecule has 0 spiro atoms. The molecule has 0 aromatic carbocycles. The predicted molar refractivity (Wildman–Crippen MR) is 69.4 cm³/mol. The van der Waals surface area contributed by atoms with E-state index in [2.05, 4.69) is 14.2 Å². The Hall–Kier alpha value is -0.430. The summed E-state index contributed by atoms with van der Waals surface area (Å²) >= 11 is 0. The highest BCUT2D eigenvalue weighted by molar-refractivity contribution is 7.60. The minimum Gasteiger partial charge on any atom is -0.394 e. The molecule has 1 heterocycles. The third kappa shape index (κ3) is 6.18. The van der Waals surface area contributed by atoms with Crippen molar-refractivity contribution >= 4 is 21.6 Å². The van der Waals surface area contributed by atoms with Crippen LogP contribution in [-0.2, 0) is 27.5 Å². The SMILES string of the molecule is CC(=O)N[C@H]1C(OP(=O)(O)OP(=O)(O)O)O[C@H](CO)[C@@H](O)[C@@H]1O. The van der Waals surface area contributed by atoms with Crippen LogP contribution in [0.3, 0.4) is 0 Å². The van der Waals surface area contributed by atoms with Crippen molar-refractivity contribution in [2.45, 2.75) is 37.6 Å². The molecule has 136 valence electrons. The Labute approximate surface area is 129 Å². The van der Waals surface area contributed by atoms with Gasteiger partial charge in [0, 0.05) is 6.92 Å². The second kappa shape index (κ2) is 7.64. The number of aliphatic hydroxyl groups is 3. The molecule has 2 unspecified atom stereocenters. The Kier molecular flexibility index (Phi) is 6.84. The summed E-state index contributed by atoms with van der Waals surface area (Å²) in [4.78, 5) is 37.4. The van der Waals surface area contributed by atoms with E-state index < -0.39 is 58.8 Å². The zero-order valence-electron chi connectivity index (χ0n) is 11.6. The van der Waals surface area contributed by atoms with Gasteiger partial charge in [0.2, 0.25) is 5.91 Å². The number of aliphatic hydroxyl groups excluding tert-OH is 3. The summed E-state index contributed by atoms with van der Waals surface area (Å²) < 4.78 is 35.0. The lowest BCUT2D eigenvalue weighted by molar-refractivity contribution is -0.247. The Balaban J connectivity index is 2.99. The van der Waals surface area contributed by atoms with Crippen LogP contribution in [0.15, 0.2) is 0 Å². The molecule has 0 aromatic rings. The summed E-state index contributed by atoms with van der Waals surface area (Å²) in [6.45, 7) is 0.207. The molecule has 6 atom stereocenters. The van der Waals surface area contributed by atoms with Crippen molar-refractivity contribution in [3.63, 3.8) is 0 Å². The molecule has 1 amide bonds. The Morgan fingerprint density at radius 2 is 1.78 bits per heavy atom. The Bertz CT molecular complexity index is 521. The lowest BCUT2D eigenvalue weighted by Gasteiger charge is -2.42. The lowest BCUT2D eigenvalue weighted by atomic mass is 9.97. The van der Waals surface area contributed by atoms with Crippen molar-refractivity contribution in [1.82, 2.24) is 5.32 Å². The van der Waals surface area contributed by atoms with Gasteiger partial charge in [0.1, 0.15) is 24.4 Å². The largest absolute Gasteiger partial charge is 0.483 e. The number of rotatable bonds is 6. The molecule has 1 saturated heterocycles. The van der Waals surface area contributed by atoms with Gasteiger partial charge in [-0.15, -0.1) is 0 Å². The minimum atomic E-state index is -5.39. The first-order valence-corrected chi connectivity index (χ1v) is 9.06. The summed E-state index contributed by atoms with van der Waals surface area (Å²) in [5, 5.41) is 30.7. The number of nitrogens with one attached hydrogen (secondary N) is 1. The van der Waals surface area contributed by atoms with E-state index in [4.69, 9.17) is 19.6 Å². The van der Waals surface area contributed by atoms with E-state index in [9.17, 15) is 29.0 Å². The standard InChI is InChI=1S/C8H17NO12P2/c1-3(11)9-5-7(13)6(12)4(2-10)19-8(5)20-23(17,18)21-22(14,15)16/h4-8,10,12-13H,2H2,1H3,(H,9,11)(H,17,18)(H2,14,15,16)/t4-,5-,6-,7-,8?/m1/s1. The molecule has 0 aromatic heterocycles. The van der Waals surface area contributed by atoms with E-state index in [0.29, 0.717) is 0 Å². The predicted octanol–water partition coefficient (Wildman–Crippen LogP) is -2.84. The zero-order chi connectivity index (χ0) is 18.0. The van der Waals surface area contributed by atoms with E-state index in [1.54, 1.807) is 0 Å². The van der Waals surface area contributed by atoms with Crippen molar-refractivity contribution in [1.29, 1.82) is 0 Å². The molecule has 1 fully saturated rings. The van der Waals surface area contributed by atoms with Crippen molar-refractivity contribution < 1.29 is 57.5 Å². The number of phosphoric ester groups is 1. The second-order valence-corrected chi connectivity index (χ2v) is 7.36. The number of amides is 1. The number of carbonyl (C=O) groups is 1. The third-order valence-electron chi connectivity index (χ3n) is 2.70. The number of hydrogen-bond acceptors (Lipinski definition) is 9. The average Bonchev–Trinajstić information content (AvgIpc) is 2.34. The molecule has 1 rings (SSSR count). The average molecular weight is 381 g/mol. The van der Waals surface area contributed by atoms with Crippen LogP contribution in [-0.4, -0.2) is 73.2 Å². The summed E-state index contributed by atoms with van der Waals surface area (Å²) in [6.07, 6.45) is -6.84. The maximum absolute atomic E-state index is 11.5. The van der Waals surface area contributed by atoms with E-state index in [0.717, 1.165) is 6.92 Å². The second-order valence-electron chi connectivity index (χ2n) is 4.58. The van der Waals surface area contributed by atoms with Gasteiger partial charge in [-0.25, -0.2) is 9.13 Å². The van der Waals surface area contributed by atoms with Crippen LogP contribution in [0.4, 0.5) is 0 Å². The molecular formula is C8H17NO12P2. The highest BCUT2D eigenvalue weighted by Crippen LogP contribution is 2.58. The Morgan fingerprint density at radius 1 is 1.22 bits per heavy atom. The first-order chi connectivity index (χ1) is 10.4. The monoisotopic (exact) mass is 381 g/mol. The fourth-order valence-corrected chi connectivity index (χ4v) is 3.52. The molecule has 13 nitrogen and oxygen atoms in total. The van der Waals surface area contributed by atoms with Gasteiger partial charge in [-0.1, -0.05) is 0 Å². The molecule has 15 heteroatoms. The lowest BCUT2D eigenvalue weighted by Crippen LogP contribution is -2.64. The smallest absolute Gasteiger partial charge is 0.394 e. The first-order valence-electron chi connectivity index (χ1n) is 6.04. The third-order valence-corrected chi connectivity index (χ3v) is 4.85. The molecule has 7 N–H and O–H groups in total. The number of hydrogen-bond donors (Lipinski definition) is 7. The first kappa shape index (κ1) is 20.6. The van der Waals surface area contributed by atoms with Gasteiger partial charge in [0.15, 0.2) is 6.29 Å². The summed E-state index contributed by atoms with van der Waals surface area (Å²) in [5.74, 6) is -0.732. The van der Waals surface area contributed by atoms with Crippen LogP contribution in [0.2, 0.25) is 0 Å². The van der Waals surface area contributed by atoms with Crippen molar-refractivity contribution in [3.8, 4) is 0 Å². The van der Waals surface area contributed by atoms with Gasteiger partial charge in [-0.2, -0.15) is 4.31 Å². The van der Waals surface area contributed by atoms with Crippen molar-refractivity contribution in [2.24, 2.45) is 0 Å². The molecule has 0 bridgehead atoms. The highest BCUT2D eigenvalue weighted by Gasteiger charge is 2.48. The van der Waals surface area contributed by atoms with Crippen molar-refractivity contribution in [2.75, 3.05) is 6.61 Å². The molecule has 1 aliphatic rings. The van der Waals surface area contributed by atoms with Crippen molar-refractivity contribution in [3.05, 3.63) is 0 Å². The summed E-state index contributed by atoms with van der Waals surface area (Å²) in [6, 6.07) is -1.58. The van der Waals surface area contributed by atoms with Gasteiger partial charge in [0.05, 0.1) is 6.61 Å². The van der Waals surface area contributed by atoms with Gasteiger partial charge >= 0.3 is 15.6 Å². The topological polar surface area (TPSA) is 212 Å². The molecule has 0 saturated carbocycles. The van der Waals surface area contributed by atoms with Crippen LogP contribution in [0.5, 0.6) is 0 Å². The van der Waals surface area contributed by atoms with Gasteiger partial charge in [0.25, 0.3) is 0 Å². The van der Waals surface area contributed by atoms with Gasteiger partial charge in [-0.3, -0.25) is 9.32 Å². The molecule has 23 heavy (non-hydrogen) atoms. The van der Waals surface area contributed by atoms with E-state index in [1.807, 2.05) is 0 Å². The van der Waals surface area contributed by atoms with E-state index in [-0.39, 0.29) is 0 Å². The molecular weight excluding hydrogens is 364 g/mol. The van der Waals surface area contributed by atoms with Crippen LogP contribution in [0.25, 0.3) is 0 Å². The fraction of sp³-hybridized carbons (Fsp3) is 0.875. The van der Waals surface area contributed by atoms with Crippen LogP contribution < -0.4 is 5.32 Å². The van der Waals surface area contributed by atoms with Gasteiger partial charge < -0.3 is 40.1 Å². The van der Waals surface area contributed by atoms with E-state index >= 15 is 0 Å². The minimum absolute atomic E-state index is 0.732. The van der Waals surface area contributed by atoms with Gasteiger partial charge in [-0.05, 0) is 0 Å². The van der Waals surface area contributed by atoms with Crippen LogP contribution in [0.1, 0.15) is 6.92 Å². The van der Waals surface area contributed by atoms with E-state index in [1.165, 1.54) is 0 Å². The maximum atomic E-state index is 11.5. The fourth-order valence-electron chi connectivity index (χ4n) is 1.85. The molecule has 0 aliphatic carbocycles. The quantitative estimate of drug-likeness (QED) is 0.232. The Morgan fingerprint density at radius 3 is 2.22 bits per heavy atom. The number of carbonyl (C=O) groups excluding carboxylic acids is 1. The number of phosphoric acid groups is 2.